The molecular formula is C16H12F4O2. The smallest absolute Gasteiger partial charge is 0.374 e. The zero-order valence-corrected chi connectivity index (χ0v) is 11.2. The number of rotatable bonds is 4. The van der Waals surface area contributed by atoms with Crippen molar-refractivity contribution in [1.82, 2.24) is 0 Å². The fourth-order valence-electron chi connectivity index (χ4n) is 2.08. The molecule has 0 amide bonds. The second-order valence-corrected chi connectivity index (χ2v) is 4.72. The van der Waals surface area contributed by atoms with Gasteiger partial charge >= 0.3 is 6.18 Å². The van der Waals surface area contributed by atoms with Crippen LogP contribution in [0.1, 0.15) is 15.9 Å². The van der Waals surface area contributed by atoms with Crippen LogP contribution in [0, 0.1) is 0 Å². The molecule has 0 aliphatic rings. The van der Waals surface area contributed by atoms with E-state index >= 15 is 0 Å². The molecule has 0 fully saturated rings. The summed E-state index contributed by atoms with van der Waals surface area (Å²) >= 11 is 0. The van der Waals surface area contributed by atoms with E-state index in [0.29, 0.717) is 0 Å². The maximum absolute atomic E-state index is 14.4. The molecule has 0 bridgehead atoms. The van der Waals surface area contributed by atoms with E-state index in [1.54, 1.807) is 0 Å². The quantitative estimate of drug-likeness (QED) is 0.691. The van der Waals surface area contributed by atoms with Crippen molar-refractivity contribution in [2.45, 2.75) is 17.9 Å². The lowest BCUT2D eigenvalue weighted by Gasteiger charge is -2.33. The van der Waals surface area contributed by atoms with E-state index < -0.39 is 29.3 Å². The molecule has 1 N–H and O–H groups in total. The van der Waals surface area contributed by atoms with Crippen LogP contribution in [-0.4, -0.2) is 23.2 Å². The third-order valence-electron chi connectivity index (χ3n) is 3.30. The summed E-state index contributed by atoms with van der Waals surface area (Å²) in [5.74, 6) is -1.43. The molecule has 0 aromatic heterocycles. The third-order valence-corrected chi connectivity index (χ3v) is 3.30. The summed E-state index contributed by atoms with van der Waals surface area (Å²) < 4.78 is 54.2. The Bertz CT molecular complexity index is 640. The second-order valence-electron chi connectivity index (χ2n) is 4.72. The Morgan fingerprint density at radius 1 is 0.909 bits per heavy atom. The van der Waals surface area contributed by atoms with Crippen LogP contribution in [0.4, 0.5) is 17.6 Å². The Balaban J connectivity index is 2.49. The summed E-state index contributed by atoms with van der Waals surface area (Å²) in [5.41, 5.74) is -4.87. The van der Waals surface area contributed by atoms with Gasteiger partial charge in [0.1, 0.15) is 0 Å². The highest BCUT2D eigenvalue weighted by Crippen LogP contribution is 2.43. The first-order valence-electron chi connectivity index (χ1n) is 6.36. The summed E-state index contributed by atoms with van der Waals surface area (Å²) in [4.78, 5) is 12.0. The van der Waals surface area contributed by atoms with Crippen molar-refractivity contribution in [2.75, 3.05) is 0 Å². The van der Waals surface area contributed by atoms with Gasteiger partial charge in [0.15, 0.2) is 0 Å². The van der Waals surface area contributed by atoms with Gasteiger partial charge in [0.05, 0.1) is 0 Å². The molecule has 2 aromatic carbocycles. The highest BCUT2D eigenvalue weighted by atomic mass is 19.4. The van der Waals surface area contributed by atoms with Crippen LogP contribution in [0.25, 0.3) is 0 Å². The van der Waals surface area contributed by atoms with Crippen molar-refractivity contribution >= 4 is 5.78 Å². The standard InChI is InChI=1S/C16H12F4O2/c17-14(13(21)11-7-3-1-4-8-11)15(22,16(18,19)20)12-9-5-2-6-10-12/h1-10,14,22H/t14-,15-/m0/s1. The SMILES string of the molecule is O=C(c1ccccc1)[C@H](F)[C@@](O)(c1ccccc1)C(F)(F)F. The monoisotopic (exact) mass is 312 g/mol. The van der Waals surface area contributed by atoms with Crippen LogP contribution in [0.2, 0.25) is 0 Å². The first kappa shape index (κ1) is 16.2. The molecule has 116 valence electrons. The van der Waals surface area contributed by atoms with Crippen molar-refractivity contribution in [3.05, 3.63) is 71.8 Å². The van der Waals surface area contributed by atoms with Gasteiger partial charge in [-0.05, 0) is 5.56 Å². The average molecular weight is 312 g/mol. The van der Waals surface area contributed by atoms with Gasteiger partial charge in [-0.25, -0.2) is 4.39 Å². The second kappa shape index (κ2) is 5.88. The molecule has 0 spiro atoms. The minimum atomic E-state index is -5.35. The van der Waals surface area contributed by atoms with Crippen LogP contribution in [0.15, 0.2) is 60.7 Å². The van der Waals surface area contributed by atoms with Crippen molar-refractivity contribution in [1.29, 1.82) is 0 Å². The predicted molar refractivity (Wildman–Crippen MR) is 72.1 cm³/mol. The summed E-state index contributed by atoms with van der Waals surface area (Å²) in [6, 6.07) is 12.5. The first-order chi connectivity index (χ1) is 10.3. The average Bonchev–Trinajstić information content (AvgIpc) is 2.53. The molecule has 0 heterocycles. The van der Waals surface area contributed by atoms with Gasteiger partial charge in [0, 0.05) is 5.56 Å². The number of alkyl halides is 4. The molecule has 0 saturated heterocycles. The van der Waals surface area contributed by atoms with Gasteiger partial charge in [0.25, 0.3) is 0 Å². The van der Waals surface area contributed by atoms with Crippen LogP contribution in [-0.2, 0) is 5.60 Å². The molecule has 2 atom stereocenters. The van der Waals surface area contributed by atoms with E-state index in [1.807, 2.05) is 0 Å². The molecule has 0 radical (unpaired) electrons. The van der Waals surface area contributed by atoms with Crippen LogP contribution >= 0.6 is 0 Å². The number of hydrogen-bond donors (Lipinski definition) is 1. The van der Waals surface area contributed by atoms with Crippen molar-refractivity contribution in [3.8, 4) is 0 Å². The van der Waals surface area contributed by atoms with E-state index in [1.165, 1.54) is 48.5 Å². The molecule has 0 aliphatic heterocycles. The van der Waals surface area contributed by atoms with E-state index in [0.717, 1.165) is 12.1 Å². The summed E-state index contributed by atoms with van der Waals surface area (Å²) in [6.07, 6.45) is -8.52. The van der Waals surface area contributed by atoms with Crippen molar-refractivity contribution in [3.63, 3.8) is 0 Å². The van der Waals surface area contributed by atoms with Crippen molar-refractivity contribution < 1.29 is 27.5 Å². The number of carbonyl (C=O) groups excluding carboxylic acids is 1. The lowest BCUT2D eigenvalue weighted by atomic mass is 9.84. The van der Waals surface area contributed by atoms with E-state index in [4.69, 9.17) is 0 Å². The fraction of sp³-hybridized carbons (Fsp3) is 0.188. The minimum absolute atomic E-state index is 0.242. The maximum atomic E-state index is 14.4. The number of ketones is 1. The van der Waals surface area contributed by atoms with E-state index in [2.05, 4.69) is 0 Å². The molecule has 2 aromatic rings. The van der Waals surface area contributed by atoms with Gasteiger partial charge in [-0.15, -0.1) is 0 Å². The lowest BCUT2D eigenvalue weighted by Crippen LogP contribution is -2.53. The molecule has 22 heavy (non-hydrogen) atoms. The minimum Gasteiger partial charge on any atom is -0.374 e. The molecule has 2 rings (SSSR count). The van der Waals surface area contributed by atoms with Gasteiger partial charge in [0.2, 0.25) is 17.6 Å². The molecule has 0 unspecified atom stereocenters. The van der Waals surface area contributed by atoms with E-state index in [9.17, 15) is 27.5 Å². The number of Topliss-reactive ketones (excluding diaryl/α,β-unsaturated/α-hetero) is 1. The summed E-state index contributed by atoms with van der Waals surface area (Å²) in [6.45, 7) is 0. The van der Waals surface area contributed by atoms with Crippen LogP contribution in [0.5, 0.6) is 0 Å². The Morgan fingerprint density at radius 2 is 1.36 bits per heavy atom. The van der Waals surface area contributed by atoms with Crippen LogP contribution in [0.3, 0.4) is 0 Å². The molecule has 6 heteroatoms. The largest absolute Gasteiger partial charge is 0.424 e. The van der Waals surface area contributed by atoms with Gasteiger partial charge in [-0.2, -0.15) is 13.2 Å². The zero-order valence-electron chi connectivity index (χ0n) is 11.2. The number of aliphatic hydroxyl groups is 1. The Labute approximate surface area is 124 Å². The number of benzene rings is 2. The summed E-state index contributed by atoms with van der Waals surface area (Å²) in [5, 5.41) is 10.00. The molecule has 0 aliphatic carbocycles. The number of halogens is 4. The topological polar surface area (TPSA) is 37.3 Å². The Hall–Kier alpha value is -2.21. The lowest BCUT2D eigenvalue weighted by molar-refractivity contribution is -0.281. The zero-order chi connectivity index (χ0) is 16.4. The predicted octanol–water partition coefficient (Wildman–Crippen LogP) is 3.66. The van der Waals surface area contributed by atoms with Gasteiger partial charge in [-0.3, -0.25) is 4.79 Å². The van der Waals surface area contributed by atoms with Gasteiger partial charge in [-0.1, -0.05) is 60.7 Å². The third kappa shape index (κ3) is 2.74. The normalized spacial score (nSPS) is 15.9. The highest BCUT2D eigenvalue weighted by molar-refractivity contribution is 6.00. The molecular weight excluding hydrogens is 300 g/mol. The summed E-state index contributed by atoms with van der Waals surface area (Å²) in [7, 11) is 0. The van der Waals surface area contributed by atoms with Crippen molar-refractivity contribution in [2.24, 2.45) is 0 Å². The van der Waals surface area contributed by atoms with E-state index in [-0.39, 0.29) is 5.56 Å². The Kier molecular flexibility index (Phi) is 4.32. The number of carbonyl (C=O) groups is 1. The first-order valence-corrected chi connectivity index (χ1v) is 6.36. The molecule has 0 saturated carbocycles. The number of hydrogen-bond acceptors (Lipinski definition) is 2. The van der Waals surface area contributed by atoms with Gasteiger partial charge < -0.3 is 5.11 Å². The Morgan fingerprint density at radius 3 is 1.82 bits per heavy atom. The fourth-order valence-corrected chi connectivity index (χ4v) is 2.08. The molecule has 2 nitrogen and oxygen atoms in total. The maximum Gasteiger partial charge on any atom is 0.424 e. The van der Waals surface area contributed by atoms with Crippen LogP contribution < -0.4 is 0 Å². The highest BCUT2D eigenvalue weighted by Gasteiger charge is 2.62.